The van der Waals surface area contributed by atoms with Crippen molar-refractivity contribution >= 4 is 55.5 Å². The van der Waals surface area contributed by atoms with Crippen LogP contribution in [0.25, 0.3) is 0 Å². The first-order valence-electron chi connectivity index (χ1n) is 28.4. The number of rotatable bonds is 22. The lowest BCUT2D eigenvalue weighted by Gasteiger charge is -2.38. The summed E-state index contributed by atoms with van der Waals surface area (Å²) in [7, 11) is -4.93. The zero-order valence-corrected chi connectivity index (χ0v) is 48.7. The maximum atomic E-state index is 14.7. The zero-order chi connectivity index (χ0) is 58.6. The second-order valence-electron chi connectivity index (χ2n) is 21.6. The van der Waals surface area contributed by atoms with Crippen LogP contribution in [0.1, 0.15) is 99.6 Å². The molecule has 6 N–H and O–H groups in total. The van der Waals surface area contributed by atoms with Crippen molar-refractivity contribution in [3.63, 3.8) is 0 Å². The van der Waals surface area contributed by atoms with E-state index in [0.717, 1.165) is 22.3 Å². The fourth-order valence-electron chi connectivity index (χ4n) is 11.5. The van der Waals surface area contributed by atoms with Gasteiger partial charge in [-0.2, -0.15) is 8.61 Å². The first-order valence-corrected chi connectivity index (χ1v) is 31.6. The Hall–Kier alpha value is -6.82. The maximum absolute atomic E-state index is 14.7. The van der Waals surface area contributed by atoms with Gasteiger partial charge in [-0.05, 0) is 102 Å². The van der Waals surface area contributed by atoms with Gasteiger partial charge in [-0.1, -0.05) is 133 Å². The Morgan fingerprint density at radius 2 is 0.817 bits per heavy atom. The number of carbonyl (C=O) groups excluding carboxylic acids is 6. The zero-order valence-electron chi connectivity index (χ0n) is 47.1. The van der Waals surface area contributed by atoms with Crippen LogP contribution in [0.4, 0.5) is 0 Å². The molecule has 20 nitrogen and oxygen atoms in total. The van der Waals surface area contributed by atoms with Crippen LogP contribution in [0.3, 0.4) is 0 Å². The number of hydrogen-bond donors (Lipinski definition) is 6. The number of benzene rings is 4. The van der Waals surface area contributed by atoms with E-state index >= 15 is 0 Å². The molecule has 22 heteroatoms. The lowest BCUT2D eigenvalue weighted by Crippen LogP contribution is -2.62. The molecule has 4 aromatic rings. The Morgan fingerprint density at radius 3 is 1.12 bits per heavy atom. The summed E-state index contributed by atoms with van der Waals surface area (Å²) in [5.74, 6) is -3.58. The SMILES string of the molecule is CN[C@@H](C)C(=O)N[C@H]1CN(S(=O)(=O)CCC=CCCS(=O)(=O)N2CC[C@H]3CC[C@@H](C(=O)NC(c4ccccc4)c4ccccc4)N3C(=O)[C@@H](NC(=O)[C@H](C)NC)C2)CC[C@H]2CCC(C(=O)NC(c3ccccc3)c3ccccc3)N2C1=O. The summed E-state index contributed by atoms with van der Waals surface area (Å²) in [6, 6.07) is 30.3. The van der Waals surface area contributed by atoms with Gasteiger partial charge in [0.25, 0.3) is 0 Å². The molecule has 4 saturated heterocycles. The molecule has 440 valence electrons. The Balaban J connectivity index is 0.903. The first-order chi connectivity index (χ1) is 39.4. The highest BCUT2D eigenvalue weighted by Crippen LogP contribution is 2.34. The lowest BCUT2D eigenvalue weighted by molar-refractivity contribution is -0.144. The molecule has 8 rings (SSSR count). The van der Waals surface area contributed by atoms with Gasteiger partial charge in [-0.15, -0.1) is 0 Å². The molecule has 4 heterocycles. The minimum absolute atomic E-state index is 0.0160. The van der Waals surface area contributed by atoms with Crippen molar-refractivity contribution < 1.29 is 45.6 Å². The molecule has 4 aliphatic heterocycles. The molecule has 6 amide bonds. The summed E-state index contributed by atoms with van der Waals surface area (Å²) in [5, 5.41) is 17.6. The molecule has 0 bridgehead atoms. The van der Waals surface area contributed by atoms with Crippen molar-refractivity contribution in [2.24, 2.45) is 0 Å². The van der Waals surface area contributed by atoms with E-state index in [4.69, 9.17) is 0 Å². The van der Waals surface area contributed by atoms with E-state index in [1.165, 1.54) is 8.61 Å². The van der Waals surface area contributed by atoms with E-state index in [1.807, 2.05) is 121 Å². The first kappa shape index (κ1) is 61.3. The topological polar surface area (TPSA) is 256 Å². The molecule has 4 fully saturated rings. The lowest BCUT2D eigenvalue weighted by atomic mass is 9.98. The van der Waals surface area contributed by atoms with E-state index in [-0.39, 0.29) is 75.2 Å². The highest BCUT2D eigenvalue weighted by atomic mass is 32.2. The van der Waals surface area contributed by atoms with E-state index in [1.54, 1.807) is 49.9 Å². The highest BCUT2D eigenvalue weighted by molar-refractivity contribution is 7.89. The number of nitrogens with zero attached hydrogens (tertiary/aromatic N) is 4. The molecule has 1 unspecified atom stereocenters. The van der Waals surface area contributed by atoms with Crippen LogP contribution in [0.2, 0.25) is 0 Å². The van der Waals surface area contributed by atoms with Gasteiger partial charge in [0.1, 0.15) is 24.2 Å². The number of fused-ring (bicyclic) bond motifs is 2. The third kappa shape index (κ3) is 14.9. The van der Waals surface area contributed by atoms with E-state index in [0.29, 0.717) is 25.7 Å². The molecule has 0 saturated carbocycles. The molecule has 0 spiro atoms. The second-order valence-corrected chi connectivity index (χ2v) is 25.8. The van der Waals surface area contributed by atoms with Gasteiger partial charge in [-0.3, -0.25) is 28.8 Å². The number of sulfonamides is 2. The number of carbonyl (C=O) groups is 6. The van der Waals surface area contributed by atoms with Crippen molar-refractivity contribution in [1.82, 2.24) is 50.3 Å². The Morgan fingerprint density at radius 1 is 0.500 bits per heavy atom. The maximum Gasteiger partial charge on any atom is 0.247 e. The number of allylic oxidation sites excluding steroid dienone is 2. The van der Waals surface area contributed by atoms with Crippen molar-refractivity contribution in [3.8, 4) is 0 Å². The van der Waals surface area contributed by atoms with Gasteiger partial charge in [-0.25, -0.2) is 16.8 Å². The van der Waals surface area contributed by atoms with Gasteiger partial charge in [0.2, 0.25) is 55.5 Å². The van der Waals surface area contributed by atoms with Crippen molar-refractivity contribution in [1.29, 1.82) is 0 Å². The van der Waals surface area contributed by atoms with Crippen LogP contribution in [-0.2, 0) is 48.8 Å². The minimum Gasteiger partial charge on any atom is -0.343 e. The van der Waals surface area contributed by atoms with Crippen LogP contribution in [0.15, 0.2) is 133 Å². The fourth-order valence-corrected chi connectivity index (χ4v) is 14.4. The van der Waals surface area contributed by atoms with E-state index < -0.39 is 104 Å². The van der Waals surface area contributed by atoms with Crippen LogP contribution < -0.4 is 31.9 Å². The Bertz CT molecular complexity index is 2820. The molecule has 0 aliphatic carbocycles. The van der Waals surface area contributed by atoms with Crippen LogP contribution >= 0.6 is 0 Å². The molecule has 0 radical (unpaired) electrons. The van der Waals surface area contributed by atoms with Gasteiger partial charge in [0.15, 0.2) is 0 Å². The van der Waals surface area contributed by atoms with Crippen molar-refractivity contribution in [2.45, 2.75) is 126 Å². The predicted octanol–water partition coefficient (Wildman–Crippen LogP) is 3.11. The minimum atomic E-state index is -4.06. The quantitative estimate of drug-likeness (QED) is 0.0621. The summed E-state index contributed by atoms with van der Waals surface area (Å²) in [6.07, 6.45) is 5.31. The summed E-state index contributed by atoms with van der Waals surface area (Å²) in [6.45, 7) is 2.57. The predicted molar refractivity (Wildman–Crippen MR) is 312 cm³/mol. The normalized spacial score (nSPS) is 22.8. The van der Waals surface area contributed by atoms with E-state index in [9.17, 15) is 45.6 Å². The Kier molecular flexibility index (Phi) is 20.9. The number of likely N-dealkylation sites (N-methyl/N-ethyl adjacent to an activating group) is 2. The Labute approximate surface area is 482 Å². The van der Waals surface area contributed by atoms with Crippen LogP contribution in [-0.4, -0.2) is 171 Å². The van der Waals surface area contributed by atoms with Gasteiger partial charge >= 0.3 is 0 Å². The molecule has 82 heavy (non-hydrogen) atoms. The van der Waals surface area contributed by atoms with E-state index in [2.05, 4.69) is 31.9 Å². The number of nitrogens with one attached hydrogen (secondary N) is 6. The van der Waals surface area contributed by atoms with Crippen molar-refractivity contribution in [3.05, 3.63) is 156 Å². The molecule has 0 aromatic heterocycles. The molecule has 4 aliphatic rings. The summed E-state index contributed by atoms with van der Waals surface area (Å²) in [5.41, 5.74) is 3.44. The summed E-state index contributed by atoms with van der Waals surface area (Å²) in [4.78, 5) is 87.9. The summed E-state index contributed by atoms with van der Waals surface area (Å²) >= 11 is 0. The number of hydrogen-bond acceptors (Lipinski definition) is 12. The molecular weight excluding hydrogens is 1080 g/mol. The molecule has 4 aromatic carbocycles. The molecular formula is C60H78N10O10S2. The van der Waals surface area contributed by atoms with Crippen LogP contribution in [0.5, 0.6) is 0 Å². The van der Waals surface area contributed by atoms with Crippen LogP contribution in [0, 0.1) is 0 Å². The average Bonchev–Trinajstić information content (AvgIpc) is 3.83. The average molecular weight is 1160 g/mol. The van der Waals surface area contributed by atoms with Gasteiger partial charge in [0, 0.05) is 38.3 Å². The second kappa shape index (κ2) is 28.0. The third-order valence-electron chi connectivity index (χ3n) is 16.3. The summed E-state index contributed by atoms with van der Waals surface area (Å²) < 4.78 is 59.2. The monoisotopic (exact) mass is 1160 g/mol. The smallest absolute Gasteiger partial charge is 0.247 e. The number of amides is 6. The largest absolute Gasteiger partial charge is 0.343 e. The fraction of sp³-hybridized carbons (Fsp3) is 0.467. The van der Waals surface area contributed by atoms with Gasteiger partial charge in [0.05, 0.1) is 35.7 Å². The molecule has 8 atom stereocenters. The highest BCUT2D eigenvalue weighted by Gasteiger charge is 2.48. The van der Waals surface area contributed by atoms with Gasteiger partial charge < -0.3 is 41.7 Å². The standard InChI is InChI=1S/C60H78N10O10S2/c1-41(61-3)55(71)63-49-39-67(35-33-47-29-31-51(69(47)59(49)75)57(73)65-53(43-21-11-7-12-22-43)44-23-13-8-14-24-44)81(77,78)37-19-5-6-20-38-82(79,80)68-36-34-48-30-32-52(70(48)60(76)50(40-68)64-56(72)42(2)62-4)58(74)66-54(45-25-15-9-16-26-45)46-27-17-10-18-28-46/h5-18,21-28,41-42,47-54,61-62H,19-20,29-40H2,1-4H3,(H,63,71)(H,64,72)(H,65,73)(H,66,74)/t41-,42-,47+,48+,49-,50-,51-,52?/m0/s1. The van der Waals surface area contributed by atoms with Crippen molar-refractivity contribution in [2.75, 3.05) is 51.8 Å². The third-order valence-corrected chi connectivity index (χ3v) is 20.1.